The summed E-state index contributed by atoms with van der Waals surface area (Å²) in [4.78, 5) is 12.4. The van der Waals surface area contributed by atoms with E-state index >= 15 is 0 Å². The van der Waals surface area contributed by atoms with Crippen molar-refractivity contribution in [2.45, 2.75) is 6.18 Å². The third kappa shape index (κ3) is 6.51. The lowest BCUT2D eigenvalue weighted by Gasteiger charge is -2.18. The summed E-state index contributed by atoms with van der Waals surface area (Å²) < 4.78 is 41.1. The third-order valence-electron chi connectivity index (χ3n) is 2.28. The Labute approximate surface area is 119 Å². The minimum absolute atomic E-state index is 0.149. The van der Waals surface area contributed by atoms with Crippen LogP contribution >= 0.6 is 11.6 Å². The molecular formula is C12H14ClF3N2O2. The number of ether oxygens (including phenoxy) is 1. The Kier molecular flexibility index (Phi) is 5.94. The molecule has 0 bridgehead atoms. The van der Waals surface area contributed by atoms with E-state index in [-0.39, 0.29) is 13.2 Å². The molecule has 0 aliphatic carbocycles. The van der Waals surface area contributed by atoms with Crippen LogP contribution in [0.1, 0.15) is 0 Å². The first-order valence-electron chi connectivity index (χ1n) is 5.72. The molecule has 4 nitrogen and oxygen atoms in total. The van der Waals surface area contributed by atoms with Crippen LogP contribution in [0.5, 0.6) is 5.75 Å². The van der Waals surface area contributed by atoms with E-state index < -0.39 is 18.8 Å². The van der Waals surface area contributed by atoms with Gasteiger partial charge in [-0.3, -0.25) is 0 Å². The van der Waals surface area contributed by atoms with E-state index in [0.717, 1.165) is 4.90 Å². The molecule has 112 valence electrons. The van der Waals surface area contributed by atoms with Gasteiger partial charge in [0.15, 0.2) is 0 Å². The van der Waals surface area contributed by atoms with Crippen LogP contribution in [0.3, 0.4) is 0 Å². The maximum atomic E-state index is 11.9. The van der Waals surface area contributed by atoms with E-state index in [1.807, 2.05) is 0 Å². The number of hydrogen-bond acceptors (Lipinski definition) is 2. The highest BCUT2D eigenvalue weighted by Crippen LogP contribution is 2.17. The van der Waals surface area contributed by atoms with Crippen molar-refractivity contribution in [3.63, 3.8) is 0 Å². The van der Waals surface area contributed by atoms with Gasteiger partial charge in [-0.25, -0.2) is 4.79 Å². The fourth-order valence-corrected chi connectivity index (χ4v) is 1.45. The number of amides is 2. The zero-order chi connectivity index (χ0) is 15.2. The zero-order valence-corrected chi connectivity index (χ0v) is 11.5. The minimum atomic E-state index is -4.42. The van der Waals surface area contributed by atoms with Crippen LogP contribution in [0, 0.1) is 0 Å². The van der Waals surface area contributed by atoms with Crippen molar-refractivity contribution in [1.82, 2.24) is 10.2 Å². The molecule has 0 spiro atoms. The quantitative estimate of drug-likeness (QED) is 0.908. The summed E-state index contributed by atoms with van der Waals surface area (Å²) in [6, 6.07) is 5.88. The Morgan fingerprint density at radius 3 is 2.75 bits per heavy atom. The fraction of sp³-hybridized carbons (Fsp3) is 0.417. The number of nitrogens with one attached hydrogen (secondary N) is 1. The average molecular weight is 311 g/mol. The maximum absolute atomic E-state index is 11.9. The van der Waals surface area contributed by atoms with Crippen LogP contribution < -0.4 is 10.1 Å². The van der Waals surface area contributed by atoms with Crippen molar-refractivity contribution in [3.8, 4) is 5.75 Å². The highest BCUT2D eigenvalue weighted by Gasteiger charge is 2.28. The van der Waals surface area contributed by atoms with Crippen LogP contribution in [0.15, 0.2) is 24.3 Å². The molecule has 0 heterocycles. The second-order valence-electron chi connectivity index (χ2n) is 4.00. The molecule has 2 amide bonds. The monoisotopic (exact) mass is 310 g/mol. The number of nitrogens with zero attached hydrogens (tertiary/aromatic N) is 1. The Balaban J connectivity index is 2.29. The molecule has 0 unspecified atom stereocenters. The molecule has 0 saturated carbocycles. The number of alkyl halides is 3. The zero-order valence-electron chi connectivity index (χ0n) is 10.7. The van der Waals surface area contributed by atoms with E-state index in [1.54, 1.807) is 29.6 Å². The molecule has 8 heteroatoms. The number of carbonyl (C=O) groups is 1. The number of carbonyl (C=O) groups excluding carboxylic acids is 1. The molecule has 0 radical (unpaired) electrons. The lowest BCUT2D eigenvalue weighted by molar-refractivity contribution is -0.123. The lowest BCUT2D eigenvalue weighted by Crippen LogP contribution is -2.43. The summed E-state index contributed by atoms with van der Waals surface area (Å²) >= 11 is 5.76. The van der Waals surface area contributed by atoms with Gasteiger partial charge in [0.2, 0.25) is 0 Å². The molecule has 20 heavy (non-hydrogen) atoms. The van der Waals surface area contributed by atoms with E-state index in [1.165, 1.54) is 7.05 Å². The number of hydrogen-bond donors (Lipinski definition) is 1. The fourth-order valence-electron chi connectivity index (χ4n) is 1.27. The minimum Gasteiger partial charge on any atom is -0.492 e. The molecule has 1 aromatic carbocycles. The standard InChI is InChI=1S/C12H14ClF3N2O2/c1-18(11(19)17-8-12(14,15)16)5-6-20-10-4-2-3-9(13)7-10/h2-4,7H,5-6,8H2,1H3,(H,17,19). The first kappa shape index (κ1) is 16.4. The van der Waals surface area contributed by atoms with Crippen molar-refractivity contribution >= 4 is 17.6 Å². The number of urea groups is 1. The Morgan fingerprint density at radius 1 is 1.45 bits per heavy atom. The average Bonchev–Trinajstić information content (AvgIpc) is 2.35. The largest absolute Gasteiger partial charge is 0.492 e. The van der Waals surface area contributed by atoms with Crippen molar-refractivity contribution in [2.75, 3.05) is 26.7 Å². The van der Waals surface area contributed by atoms with Crippen molar-refractivity contribution in [1.29, 1.82) is 0 Å². The van der Waals surface area contributed by atoms with Gasteiger partial charge in [-0.05, 0) is 18.2 Å². The number of halogens is 4. The highest BCUT2D eigenvalue weighted by atomic mass is 35.5. The molecule has 1 N–H and O–H groups in total. The van der Waals surface area contributed by atoms with Gasteiger partial charge in [0.05, 0.1) is 6.54 Å². The lowest BCUT2D eigenvalue weighted by atomic mass is 10.3. The van der Waals surface area contributed by atoms with Gasteiger partial charge in [0.25, 0.3) is 0 Å². The maximum Gasteiger partial charge on any atom is 0.405 e. The van der Waals surface area contributed by atoms with Gasteiger partial charge < -0.3 is 15.0 Å². The van der Waals surface area contributed by atoms with E-state index in [9.17, 15) is 18.0 Å². The van der Waals surface area contributed by atoms with Crippen LogP contribution in [0.4, 0.5) is 18.0 Å². The van der Waals surface area contributed by atoms with E-state index in [2.05, 4.69) is 0 Å². The molecular weight excluding hydrogens is 297 g/mol. The first-order chi connectivity index (χ1) is 9.28. The normalized spacial score (nSPS) is 11.1. The smallest absolute Gasteiger partial charge is 0.405 e. The summed E-state index contributed by atoms with van der Waals surface area (Å²) in [5.74, 6) is 0.529. The molecule has 1 rings (SSSR count). The van der Waals surface area contributed by atoms with Gasteiger partial charge in [-0.15, -0.1) is 0 Å². The van der Waals surface area contributed by atoms with E-state index in [4.69, 9.17) is 16.3 Å². The van der Waals surface area contributed by atoms with Crippen molar-refractivity contribution in [2.24, 2.45) is 0 Å². The summed E-state index contributed by atoms with van der Waals surface area (Å²) in [6.07, 6.45) is -4.42. The van der Waals surface area contributed by atoms with Gasteiger partial charge in [-0.2, -0.15) is 13.2 Å². The second kappa shape index (κ2) is 7.23. The summed E-state index contributed by atoms with van der Waals surface area (Å²) in [5, 5.41) is 2.28. The summed E-state index contributed by atoms with van der Waals surface area (Å²) in [7, 11) is 1.38. The number of benzene rings is 1. The predicted octanol–water partition coefficient (Wildman–Crippen LogP) is 2.92. The summed E-state index contributed by atoms with van der Waals surface area (Å²) in [6.45, 7) is -1.06. The Hall–Kier alpha value is -1.63. The molecule has 1 aromatic rings. The third-order valence-corrected chi connectivity index (χ3v) is 2.51. The van der Waals surface area contributed by atoms with Crippen molar-refractivity contribution in [3.05, 3.63) is 29.3 Å². The number of likely N-dealkylation sites (N-methyl/N-ethyl adjacent to an activating group) is 1. The van der Waals surface area contributed by atoms with Crippen LogP contribution in [-0.2, 0) is 0 Å². The molecule has 0 atom stereocenters. The topological polar surface area (TPSA) is 41.6 Å². The van der Waals surface area contributed by atoms with E-state index in [0.29, 0.717) is 10.8 Å². The van der Waals surface area contributed by atoms with Gasteiger partial charge in [0, 0.05) is 12.1 Å². The molecule has 0 aliphatic rings. The summed E-state index contributed by atoms with van der Waals surface area (Å²) in [5.41, 5.74) is 0. The highest BCUT2D eigenvalue weighted by molar-refractivity contribution is 6.30. The first-order valence-corrected chi connectivity index (χ1v) is 6.10. The molecule has 0 saturated heterocycles. The molecule has 0 fully saturated rings. The Bertz CT molecular complexity index is 455. The second-order valence-corrected chi connectivity index (χ2v) is 4.44. The van der Waals surface area contributed by atoms with Crippen LogP contribution in [0.2, 0.25) is 5.02 Å². The van der Waals surface area contributed by atoms with Crippen molar-refractivity contribution < 1.29 is 22.7 Å². The van der Waals surface area contributed by atoms with Gasteiger partial charge >= 0.3 is 12.2 Å². The molecule has 0 aliphatic heterocycles. The van der Waals surface area contributed by atoms with Crippen LogP contribution in [0.25, 0.3) is 0 Å². The SMILES string of the molecule is CN(CCOc1cccc(Cl)c1)C(=O)NCC(F)(F)F. The predicted molar refractivity (Wildman–Crippen MR) is 69.0 cm³/mol. The van der Waals surface area contributed by atoms with Gasteiger partial charge in [0.1, 0.15) is 18.9 Å². The van der Waals surface area contributed by atoms with Gasteiger partial charge in [-0.1, -0.05) is 17.7 Å². The molecule has 0 aromatic heterocycles. The Morgan fingerprint density at radius 2 is 2.15 bits per heavy atom. The number of rotatable bonds is 5. The van der Waals surface area contributed by atoms with Crippen LogP contribution in [-0.4, -0.2) is 43.9 Å².